The predicted molar refractivity (Wildman–Crippen MR) is 58.4 cm³/mol. The van der Waals surface area contributed by atoms with Gasteiger partial charge < -0.3 is 14.1 Å². The van der Waals surface area contributed by atoms with Crippen LogP contribution in [0, 0.1) is 0 Å². The molecule has 0 amide bonds. The lowest BCUT2D eigenvalue weighted by atomic mass is 10.2. The van der Waals surface area contributed by atoms with Crippen LogP contribution in [0.4, 0.5) is 0 Å². The van der Waals surface area contributed by atoms with E-state index in [1.165, 1.54) is 6.26 Å². The maximum Gasteiger partial charge on any atom is 0.170 e. The maximum atomic E-state index is 10.1. The first-order valence-corrected chi connectivity index (χ1v) is 5.45. The monoisotopic (exact) mass is 270 g/mol. The SMILES string of the molecule is CCn1ccnc1C(O)c1occc1Br. The van der Waals surface area contributed by atoms with Crippen LogP contribution in [0.1, 0.15) is 24.6 Å². The van der Waals surface area contributed by atoms with Crippen LogP contribution in [0.2, 0.25) is 0 Å². The second-order valence-electron chi connectivity index (χ2n) is 3.11. The molecule has 80 valence electrons. The molecule has 4 nitrogen and oxygen atoms in total. The van der Waals surface area contributed by atoms with Crippen molar-refractivity contribution in [3.63, 3.8) is 0 Å². The zero-order valence-electron chi connectivity index (χ0n) is 8.22. The summed E-state index contributed by atoms with van der Waals surface area (Å²) in [5, 5.41) is 10.1. The number of hydrogen-bond acceptors (Lipinski definition) is 3. The number of rotatable bonds is 3. The van der Waals surface area contributed by atoms with Crippen molar-refractivity contribution in [2.24, 2.45) is 0 Å². The lowest BCUT2D eigenvalue weighted by Gasteiger charge is -2.09. The zero-order chi connectivity index (χ0) is 10.8. The van der Waals surface area contributed by atoms with Crippen LogP contribution in [-0.2, 0) is 6.54 Å². The number of hydrogen-bond donors (Lipinski definition) is 1. The standard InChI is InChI=1S/C10H11BrN2O2/c1-2-13-5-4-12-10(13)8(14)9-7(11)3-6-15-9/h3-6,8,14H,2H2,1H3. The highest BCUT2D eigenvalue weighted by Crippen LogP contribution is 2.28. The van der Waals surface area contributed by atoms with Gasteiger partial charge in [-0.2, -0.15) is 0 Å². The van der Waals surface area contributed by atoms with Crippen LogP contribution in [0.25, 0.3) is 0 Å². The minimum atomic E-state index is -0.829. The Morgan fingerprint density at radius 1 is 1.67 bits per heavy atom. The molecule has 1 atom stereocenters. The van der Waals surface area contributed by atoms with Gasteiger partial charge in [0.2, 0.25) is 0 Å². The van der Waals surface area contributed by atoms with E-state index in [9.17, 15) is 5.11 Å². The molecule has 0 saturated heterocycles. The molecule has 2 aromatic rings. The number of nitrogens with zero attached hydrogens (tertiary/aromatic N) is 2. The number of aromatic nitrogens is 2. The van der Waals surface area contributed by atoms with Gasteiger partial charge in [0.1, 0.15) is 5.82 Å². The third kappa shape index (κ3) is 1.85. The van der Waals surface area contributed by atoms with E-state index in [1.54, 1.807) is 12.3 Å². The number of aryl methyl sites for hydroxylation is 1. The minimum Gasteiger partial charge on any atom is -0.465 e. The molecule has 15 heavy (non-hydrogen) atoms. The Kier molecular flexibility index (Phi) is 2.93. The Hall–Kier alpha value is -1.07. The third-order valence-corrected chi connectivity index (χ3v) is 2.88. The Balaban J connectivity index is 2.36. The summed E-state index contributed by atoms with van der Waals surface area (Å²) in [5.41, 5.74) is 0. The summed E-state index contributed by atoms with van der Waals surface area (Å²) in [6, 6.07) is 1.75. The highest BCUT2D eigenvalue weighted by molar-refractivity contribution is 9.10. The topological polar surface area (TPSA) is 51.2 Å². The van der Waals surface area contributed by atoms with Gasteiger partial charge >= 0.3 is 0 Å². The number of aliphatic hydroxyl groups excluding tert-OH is 1. The van der Waals surface area contributed by atoms with Crippen molar-refractivity contribution in [1.29, 1.82) is 0 Å². The molecule has 0 saturated carbocycles. The molecule has 2 heterocycles. The van der Waals surface area contributed by atoms with Crippen molar-refractivity contribution in [3.05, 3.63) is 40.8 Å². The van der Waals surface area contributed by atoms with Gasteiger partial charge in [-0.1, -0.05) is 0 Å². The fraction of sp³-hybridized carbons (Fsp3) is 0.300. The molecular formula is C10H11BrN2O2. The molecular weight excluding hydrogens is 260 g/mol. The fourth-order valence-electron chi connectivity index (χ4n) is 1.45. The summed E-state index contributed by atoms with van der Waals surface area (Å²) in [6.45, 7) is 2.76. The van der Waals surface area contributed by atoms with E-state index in [2.05, 4.69) is 20.9 Å². The number of aliphatic hydroxyl groups is 1. The van der Waals surface area contributed by atoms with E-state index in [0.717, 1.165) is 11.0 Å². The van der Waals surface area contributed by atoms with Gasteiger partial charge in [0.25, 0.3) is 0 Å². The largest absolute Gasteiger partial charge is 0.465 e. The summed E-state index contributed by atoms with van der Waals surface area (Å²) in [5.74, 6) is 1.07. The summed E-state index contributed by atoms with van der Waals surface area (Å²) in [4.78, 5) is 4.12. The number of furan rings is 1. The second kappa shape index (κ2) is 4.20. The van der Waals surface area contributed by atoms with E-state index < -0.39 is 6.10 Å². The lowest BCUT2D eigenvalue weighted by Crippen LogP contribution is -2.08. The second-order valence-corrected chi connectivity index (χ2v) is 3.96. The average Bonchev–Trinajstić information content (AvgIpc) is 2.84. The summed E-state index contributed by atoms with van der Waals surface area (Å²) >= 11 is 3.31. The number of halogens is 1. The quantitative estimate of drug-likeness (QED) is 0.932. The third-order valence-electron chi connectivity index (χ3n) is 2.23. The molecule has 0 aromatic carbocycles. The average molecular weight is 271 g/mol. The first kappa shape index (κ1) is 10.4. The first-order valence-electron chi connectivity index (χ1n) is 4.66. The fourth-order valence-corrected chi connectivity index (χ4v) is 1.87. The van der Waals surface area contributed by atoms with Crippen LogP contribution in [0.5, 0.6) is 0 Å². The van der Waals surface area contributed by atoms with Gasteiger partial charge in [-0.25, -0.2) is 4.98 Å². The molecule has 0 aliphatic rings. The van der Waals surface area contributed by atoms with E-state index in [0.29, 0.717) is 11.6 Å². The van der Waals surface area contributed by atoms with E-state index >= 15 is 0 Å². The van der Waals surface area contributed by atoms with Crippen molar-refractivity contribution >= 4 is 15.9 Å². The molecule has 2 aromatic heterocycles. The smallest absolute Gasteiger partial charge is 0.170 e. The molecule has 2 rings (SSSR count). The normalized spacial score (nSPS) is 13.0. The van der Waals surface area contributed by atoms with Crippen molar-refractivity contribution in [1.82, 2.24) is 9.55 Å². The van der Waals surface area contributed by atoms with E-state index in [-0.39, 0.29) is 0 Å². The van der Waals surface area contributed by atoms with Crippen molar-refractivity contribution in [2.45, 2.75) is 19.6 Å². The predicted octanol–water partition coefficient (Wildman–Crippen LogP) is 2.34. The van der Waals surface area contributed by atoms with E-state index in [1.807, 2.05) is 17.7 Å². The Labute approximate surface area is 95.7 Å². The van der Waals surface area contributed by atoms with Crippen molar-refractivity contribution in [3.8, 4) is 0 Å². The van der Waals surface area contributed by atoms with Gasteiger partial charge in [0.05, 0.1) is 10.7 Å². The first-order chi connectivity index (χ1) is 7.24. The Morgan fingerprint density at radius 2 is 2.47 bits per heavy atom. The Bertz CT molecular complexity index is 450. The molecule has 0 radical (unpaired) electrons. The van der Waals surface area contributed by atoms with Crippen LogP contribution >= 0.6 is 15.9 Å². The van der Waals surface area contributed by atoms with Gasteiger partial charge in [-0.3, -0.25) is 0 Å². The number of imidazole rings is 1. The highest BCUT2D eigenvalue weighted by Gasteiger charge is 2.21. The summed E-state index contributed by atoms with van der Waals surface area (Å²) in [7, 11) is 0. The van der Waals surface area contributed by atoms with Gasteiger partial charge in [0, 0.05) is 18.9 Å². The minimum absolute atomic E-state index is 0.482. The Morgan fingerprint density at radius 3 is 3.07 bits per heavy atom. The van der Waals surface area contributed by atoms with E-state index in [4.69, 9.17) is 4.42 Å². The molecule has 0 bridgehead atoms. The molecule has 0 fully saturated rings. The van der Waals surface area contributed by atoms with Gasteiger partial charge in [-0.05, 0) is 28.9 Å². The zero-order valence-corrected chi connectivity index (χ0v) is 9.81. The van der Waals surface area contributed by atoms with Crippen LogP contribution in [0.15, 0.2) is 33.6 Å². The van der Waals surface area contributed by atoms with Gasteiger partial charge in [-0.15, -0.1) is 0 Å². The summed E-state index contributed by atoms with van der Waals surface area (Å²) in [6.07, 6.45) is 4.19. The van der Waals surface area contributed by atoms with Crippen molar-refractivity contribution in [2.75, 3.05) is 0 Å². The molecule has 0 aliphatic heterocycles. The highest BCUT2D eigenvalue weighted by atomic mass is 79.9. The molecule has 0 aliphatic carbocycles. The van der Waals surface area contributed by atoms with Crippen LogP contribution in [-0.4, -0.2) is 14.7 Å². The van der Waals surface area contributed by atoms with Crippen molar-refractivity contribution < 1.29 is 9.52 Å². The van der Waals surface area contributed by atoms with Crippen LogP contribution < -0.4 is 0 Å². The van der Waals surface area contributed by atoms with Crippen LogP contribution in [0.3, 0.4) is 0 Å². The lowest BCUT2D eigenvalue weighted by molar-refractivity contribution is 0.174. The molecule has 5 heteroatoms. The maximum absolute atomic E-state index is 10.1. The molecule has 1 unspecified atom stereocenters. The molecule has 0 spiro atoms. The van der Waals surface area contributed by atoms with Gasteiger partial charge in [0.15, 0.2) is 11.9 Å². The molecule has 1 N–H and O–H groups in total. The summed E-state index contributed by atoms with van der Waals surface area (Å²) < 4.78 is 7.82.